The van der Waals surface area contributed by atoms with Crippen molar-refractivity contribution in [2.24, 2.45) is 0 Å². The zero-order chi connectivity index (χ0) is 12.4. The summed E-state index contributed by atoms with van der Waals surface area (Å²) in [5.41, 5.74) is 2.33. The summed E-state index contributed by atoms with van der Waals surface area (Å²) in [6.45, 7) is 6.15. The zero-order valence-corrected chi connectivity index (χ0v) is 11.5. The second kappa shape index (κ2) is 5.02. The van der Waals surface area contributed by atoms with Crippen LogP contribution < -0.4 is 5.32 Å². The van der Waals surface area contributed by atoms with Crippen molar-refractivity contribution in [2.45, 2.75) is 33.2 Å². The molecule has 92 valence electrons. The lowest BCUT2D eigenvalue weighted by molar-refractivity contribution is 0.520. The van der Waals surface area contributed by atoms with Gasteiger partial charge in [-0.1, -0.05) is 0 Å². The highest BCUT2D eigenvalue weighted by atomic mass is 32.1. The van der Waals surface area contributed by atoms with Crippen molar-refractivity contribution < 1.29 is 4.42 Å². The van der Waals surface area contributed by atoms with Gasteiger partial charge in [-0.25, -0.2) is 4.98 Å². The predicted octanol–water partition coefficient (Wildman–Crippen LogP) is 3.16. The molecular formula is C13H18N2OS. The van der Waals surface area contributed by atoms with Crippen LogP contribution in [0.15, 0.2) is 16.7 Å². The van der Waals surface area contributed by atoms with E-state index in [0.29, 0.717) is 0 Å². The Balaban J connectivity index is 2.15. The Morgan fingerprint density at radius 3 is 2.65 bits per heavy atom. The molecule has 2 aromatic heterocycles. The molecule has 0 aliphatic carbocycles. The van der Waals surface area contributed by atoms with Crippen LogP contribution in [0.3, 0.4) is 0 Å². The topological polar surface area (TPSA) is 38.1 Å². The Bertz CT molecular complexity index is 482. The minimum Gasteiger partial charge on any atom is -0.469 e. The second-order valence-electron chi connectivity index (χ2n) is 4.29. The van der Waals surface area contributed by atoms with E-state index in [1.54, 1.807) is 11.3 Å². The van der Waals surface area contributed by atoms with Crippen LogP contribution in [-0.4, -0.2) is 12.0 Å². The molecule has 0 aromatic carbocycles. The lowest BCUT2D eigenvalue weighted by Crippen LogP contribution is -2.18. The van der Waals surface area contributed by atoms with Gasteiger partial charge in [-0.15, -0.1) is 11.3 Å². The summed E-state index contributed by atoms with van der Waals surface area (Å²) in [4.78, 5) is 5.88. The minimum atomic E-state index is 0.275. The van der Waals surface area contributed by atoms with E-state index in [-0.39, 0.29) is 6.04 Å². The van der Waals surface area contributed by atoms with Crippen LogP contribution in [0.1, 0.15) is 32.9 Å². The largest absolute Gasteiger partial charge is 0.469 e. The minimum absolute atomic E-state index is 0.275. The molecule has 0 aliphatic heterocycles. The van der Waals surface area contributed by atoms with Gasteiger partial charge in [0.1, 0.15) is 5.76 Å². The van der Waals surface area contributed by atoms with Gasteiger partial charge in [0.25, 0.3) is 0 Å². The summed E-state index contributed by atoms with van der Waals surface area (Å²) < 4.78 is 5.36. The molecule has 3 nitrogen and oxygen atoms in total. The molecule has 4 heteroatoms. The number of hydrogen-bond acceptors (Lipinski definition) is 4. The molecule has 1 unspecified atom stereocenters. The molecule has 0 saturated heterocycles. The third-order valence-corrected chi connectivity index (χ3v) is 4.05. The van der Waals surface area contributed by atoms with Crippen LogP contribution in [-0.2, 0) is 6.42 Å². The van der Waals surface area contributed by atoms with Gasteiger partial charge >= 0.3 is 0 Å². The number of rotatable bonds is 4. The molecule has 0 amide bonds. The fourth-order valence-corrected chi connectivity index (χ4v) is 2.81. The van der Waals surface area contributed by atoms with E-state index in [4.69, 9.17) is 4.42 Å². The molecule has 0 aliphatic rings. The molecule has 2 heterocycles. The van der Waals surface area contributed by atoms with Gasteiger partial charge in [0, 0.05) is 22.9 Å². The molecule has 2 aromatic rings. The lowest BCUT2D eigenvalue weighted by atomic mass is 10.1. The number of likely N-dealkylation sites (N-methyl/N-ethyl adjacent to an activating group) is 1. The quantitative estimate of drug-likeness (QED) is 0.905. The maximum absolute atomic E-state index is 5.36. The van der Waals surface area contributed by atoms with Crippen molar-refractivity contribution in [3.63, 3.8) is 0 Å². The number of nitrogens with zero attached hydrogens (tertiary/aromatic N) is 1. The SMILES string of the molecule is CNC(Cc1nc(C)c(C)s1)c1coc(C)c1. The van der Waals surface area contributed by atoms with Crippen molar-refractivity contribution in [3.05, 3.63) is 39.2 Å². The zero-order valence-electron chi connectivity index (χ0n) is 10.7. The van der Waals surface area contributed by atoms with Crippen LogP contribution >= 0.6 is 11.3 Å². The van der Waals surface area contributed by atoms with Gasteiger partial charge in [0.15, 0.2) is 0 Å². The molecule has 0 saturated carbocycles. The van der Waals surface area contributed by atoms with E-state index in [0.717, 1.165) is 17.9 Å². The van der Waals surface area contributed by atoms with E-state index >= 15 is 0 Å². The third kappa shape index (κ3) is 2.76. The monoisotopic (exact) mass is 250 g/mol. The standard InChI is InChI=1S/C13H18N2OS/c1-8-5-11(7-16-8)12(14-4)6-13-15-9(2)10(3)17-13/h5,7,12,14H,6H2,1-4H3. The van der Waals surface area contributed by atoms with Crippen molar-refractivity contribution in [1.29, 1.82) is 0 Å². The fraction of sp³-hybridized carbons (Fsp3) is 0.462. The number of hydrogen-bond donors (Lipinski definition) is 1. The van der Waals surface area contributed by atoms with Crippen molar-refractivity contribution in [2.75, 3.05) is 7.05 Å². The Morgan fingerprint density at radius 2 is 2.18 bits per heavy atom. The molecule has 0 radical (unpaired) electrons. The van der Waals surface area contributed by atoms with E-state index in [9.17, 15) is 0 Å². The van der Waals surface area contributed by atoms with Crippen molar-refractivity contribution in [1.82, 2.24) is 10.3 Å². The van der Waals surface area contributed by atoms with Gasteiger partial charge in [-0.2, -0.15) is 0 Å². The summed E-state index contributed by atoms with van der Waals surface area (Å²) in [7, 11) is 1.97. The molecule has 2 rings (SSSR count). The van der Waals surface area contributed by atoms with Gasteiger partial charge in [0.2, 0.25) is 0 Å². The maximum Gasteiger partial charge on any atom is 0.101 e. The molecule has 0 spiro atoms. The van der Waals surface area contributed by atoms with Crippen molar-refractivity contribution >= 4 is 11.3 Å². The number of aryl methyl sites for hydroxylation is 3. The molecular weight excluding hydrogens is 232 g/mol. The smallest absolute Gasteiger partial charge is 0.101 e. The van der Waals surface area contributed by atoms with Crippen LogP contribution in [0.5, 0.6) is 0 Å². The van der Waals surface area contributed by atoms with Gasteiger partial charge in [0.05, 0.1) is 17.0 Å². The number of aromatic nitrogens is 1. The summed E-state index contributed by atoms with van der Waals surface area (Å²) in [5.74, 6) is 0.951. The van der Waals surface area contributed by atoms with E-state index in [2.05, 4.69) is 30.2 Å². The summed E-state index contributed by atoms with van der Waals surface area (Å²) >= 11 is 1.78. The first-order chi connectivity index (χ1) is 8.10. The molecule has 17 heavy (non-hydrogen) atoms. The highest BCUT2D eigenvalue weighted by molar-refractivity contribution is 7.11. The molecule has 0 fully saturated rings. The Hall–Kier alpha value is -1.13. The van der Waals surface area contributed by atoms with Gasteiger partial charge in [-0.05, 0) is 33.9 Å². The number of thiazole rings is 1. The predicted molar refractivity (Wildman–Crippen MR) is 70.5 cm³/mol. The first kappa shape index (κ1) is 12.3. The van der Waals surface area contributed by atoms with Gasteiger partial charge < -0.3 is 9.73 Å². The third-order valence-electron chi connectivity index (χ3n) is 2.95. The first-order valence-electron chi connectivity index (χ1n) is 5.75. The van der Waals surface area contributed by atoms with Crippen LogP contribution in [0.4, 0.5) is 0 Å². The molecule has 1 atom stereocenters. The second-order valence-corrected chi connectivity index (χ2v) is 5.57. The van der Waals surface area contributed by atoms with E-state index in [1.165, 1.54) is 15.4 Å². The normalized spacial score (nSPS) is 12.9. The van der Waals surface area contributed by atoms with E-state index in [1.807, 2.05) is 20.2 Å². The average molecular weight is 250 g/mol. The number of furan rings is 1. The Kier molecular flexibility index (Phi) is 3.64. The fourth-order valence-electron chi connectivity index (χ4n) is 1.83. The summed E-state index contributed by atoms with van der Waals surface area (Å²) in [6.07, 6.45) is 2.73. The van der Waals surface area contributed by atoms with Crippen LogP contribution in [0.25, 0.3) is 0 Å². The Morgan fingerprint density at radius 1 is 1.41 bits per heavy atom. The summed E-state index contributed by atoms with van der Waals surface area (Å²) in [6, 6.07) is 2.35. The maximum atomic E-state index is 5.36. The van der Waals surface area contributed by atoms with Crippen LogP contribution in [0.2, 0.25) is 0 Å². The van der Waals surface area contributed by atoms with Crippen LogP contribution in [0, 0.1) is 20.8 Å². The van der Waals surface area contributed by atoms with Gasteiger partial charge in [-0.3, -0.25) is 0 Å². The number of nitrogens with one attached hydrogen (secondary N) is 1. The first-order valence-corrected chi connectivity index (χ1v) is 6.57. The van der Waals surface area contributed by atoms with Crippen molar-refractivity contribution in [3.8, 4) is 0 Å². The average Bonchev–Trinajstić information content (AvgIpc) is 2.83. The molecule has 1 N–H and O–H groups in total. The summed E-state index contributed by atoms with van der Waals surface area (Å²) in [5, 5.41) is 4.49. The Labute approximate surface area is 106 Å². The highest BCUT2D eigenvalue weighted by Crippen LogP contribution is 2.24. The molecule has 0 bridgehead atoms. The van der Waals surface area contributed by atoms with E-state index < -0.39 is 0 Å². The highest BCUT2D eigenvalue weighted by Gasteiger charge is 2.15. The lowest BCUT2D eigenvalue weighted by Gasteiger charge is -2.12.